The summed E-state index contributed by atoms with van der Waals surface area (Å²) in [5.41, 5.74) is 0.681. The highest BCUT2D eigenvalue weighted by Crippen LogP contribution is 2.36. The number of phenolic OH excluding ortho intramolecular Hbond substituents is 1. The van der Waals surface area contributed by atoms with Crippen molar-refractivity contribution in [3.63, 3.8) is 0 Å². The zero-order valence-corrected chi connectivity index (χ0v) is 11.3. The Morgan fingerprint density at radius 1 is 1.17 bits per heavy atom. The quantitative estimate of drug-likeness (QED) is 0.493. The molecule has 0 aromatic heterocycles. The van der Waals surface area contributed by atoms with E-state index in [0.717, 1.165) is 22.8 Å². The third-order valence-corrected chi connectivity index (χ3v) is 3.11. The Kier molecular flexibility index (Phi) is 5.94. The fraction of sp³-hybridized carbons (Fsp3) is 0.231. The van der Waals surface area contributed by atoms with E-state index in [2.05, 4.69) is 9.37 Å². The van der Waals surface area contributed by atoms with Gasteiger partial charge in [-0.3, -0.25) is 0 Å². The van der Waals surface area contributed by atoms with Crippen molar-refractivity contribution in [2.45, 2.75) is 25.7 Å². The first kappa shape index (κ1) is 14.8. The third-order valence-electron chi connectivity index (χ3n) is 2.38. The number of benzene rings is 2. The van der Waals surface area contributed by atoms with Crippen molar-refractivity contribution in [2.24, 2.45) is 0 Å². The van der Waals surface area contributed by atoms with Gasteiger partial charge in [0.1, 0.15) is 5.75 Å². The molecule has 0 amide bonds. The monoisotopic (exact) mass is 268 g/mol. The topological polar surface area (TPSA) is 58.9 Å². The molecule has 0 unspecified atom stereocenters. The maximum Gasteiger partial charge on any atom is 0.127 e. The lowest BCUT2D eigenvalue weighted by Crippen LogP contribution is -1.86. The summed E-state index contributed by atoms with van der Waals surface area (Å²) in [5.74, 6) is 0.210. The van der Waals surface area contributed by atoms with Crippen LogP contribution in [0.4, 0.5) is 0 Å². The number of rotatable bonds is 3. The second-order valence-electron chi connectivity index (χ2n) is 3.30. The molecule has 5 heteroatoms. The summed E-state index contributed by atoms with van der Waals surface area (Å²) in [7, 11) is 0. The molecule has 0 atom stereocenters. The van der Waals surface area contributed by atoms with Crippen LogP contribution in [0.25, 0.3) is 10.8 Å². The van der Waals surface area contributed by atoms with Crippen LogP contribution in [0.15, 0.2) is 35.2 Å². The van der Waals surface area contributed by atoms with E-state index in [1.807, 2.05) is 44.2 Å². The molecule has 0 fully saturated rings. The summed E-state index contributed by atoms with van der Waals surface area (Å²) in [5, 5.41) is 23.3. The number of fused-ring (bicyclic) bond motifs is 1. The first-order valence-electron chi connectivity index (χ1n) is 5.60. The van der Waals surface area contributed by atoms with Gasteiger partial charge in [0.05, 0.1) is 12.0 Å². The second kappa shape index (κ2) is 7.23. The van der Waals surface area contributed by atoms with Crippen molar-refractivity contribution in [1.29, 1.82) is 0 Å². The Hall–Kier alpha value is -1.27. The number of hydrogen-bond donors (Lipinski definition) is 2. The van der Waals surface area contributed by atoms with E-state index in [1.165, 1.54) is 0 Å². The minimum absolute atomic E-state index is 0.210. The molecule has 0 saturated heterocycles. The van der Waals surface area contributed by atoms with Crippen LogP contribution in [0.5, 0.6) is 5.75 Å². The van der Waals surface area contributed by atoms with Gasteiger partial charge in [-0.1, -0.05) is 43.2 Å². The summed E-state index contributed by atoms with van der Waals surface area (Å²) in [6.45, 7) is 5.77. The molecule has 2 N–H and O–H groups in total. The van der Waals surface area contributed by atoms with E-state index in [9.17, 15) is 5.11 Å². The molecule has 0 aliphatic rings. The molecule has 0 saturated carbocycles. The molecular weight excluding hydrogens is 252 g/mol. The van der Waals surface area contributed by atoms with Crippen molar-refractivity contribution in [2.75, 3.05) is 0 Å². The molecule has 4 nitrogen and oxygen atoms in total. The Bertz CT molecular complexity index is 514. The predicted octanol–water partition coefficient (Wildman–Crippen LogP) is 4.31. The Balaban J connectivity index is 0.000000771. The molecule has 0 aliphatic carbocycles. The van der Waals surface area contributed by atoms with Gasteiger partial charge < -0.3 is 5.11 Å². The average molecular weight is 268 g/mol. The summed E-state index contributed by atoms with van der Waals surface area (Å²) in [6, 6.07) is 9.33. The fourth-order valence-corrected chi connectivity index (χ4v) is 2.05. The summed E-state index contributed by atoms with van der Waals surface area (Å²) >= 11 is 0.844. The zero-order chi connectivity index (χ0) is 13.5. The van der Waals surface area contributed by atoms with Gasteiger partial charge in [0.25, 0.3) is 0 Å². The SMILES string of the molecule is CC.Cc1c(SOOO)cc2ccccc2c1O. The van der Waals surface area contributed by atoms with Crippen molar-refractivity contribution in [3.05, 3.63) is 35.9 Å². The number of phenols is 1. The van der Waals surface area contributed by atoms with Gasteiger partial charge in [0, 0.05) is 15.8 Å². The van der Waals surface area contributed by atoms with Crippen LogP contribution in [0.2, 0.25) is 0 Å². The van der Waals surface area contributed by atoms with Crippen molar-refractivity contribution in [1.82, 2.24) is 0 Å². The van der Waals surface area contributed by atoms with Crippen LogP contribution in [-0.4, -0.2) is 10.4 Å². The van der Waals surface area contributed by atoms with Gasteiger partial charge >= 0.3 is 0 Å². The minimum Gasteiger partial charge on any atom is -0.507 e. The molecule has 2 rings (SSSR count). The van der Waals surface area contributed by atoms with Gasteiger partial charge in [-0.15, -0.1) is 4.33 Å². The van der Waals surface area contributed by atoms with Crippen LogP contribution in [0.1, 0.15) is 19.4 Å². The molecule has 0 heterocycles. The van der Waals surface area contributed by atoms with Gasteiger partial charge in [-0.05, 0) is 18.4 Å². The summed E-state index contributed by atoms with van der Waals surface area (Å²) < 4.78 is 4.37. The summed E-state index contributed by atoms with van der Waals surface area (Å²) in [4.78, 5) is 0.685. The first-order chi connectivity index (χ1) is 8.74. The number of hydrogen-bond acceptors (Lipinski definition) is 5. The van der Waals surface area contributed by atoms with Gasteiger partial charge in [-0.2, -0.15) is 0 Å². The molecule has 0 aliphatic heterocycles. The van der Waals surface area contributed by atoms with Crippen LogP contribution in [0, 0.1) is 6.92 Å². The van der Waals surface area contributed by atoms with E-state index < -0.39 is 0 Å². The lowest BCUT2D eigenvalue weighted by Gasteiger charge is -2.08. The third kappa shape index (κ3) is 3.14. The largest absolute Gasteiger partial charge is 0.507 e. The standard InChI is InChI=1S/C11H10O4S.C2H6/c1-7-10(16-15-14-13)6-8-4-2-3-5-9(8)11(7)12;1-2/h2-6,12-13H,1H3;1-2H3. The average Bonchev–Trinajstić information content (AvgIpc) is 2.43. The van der Waals surface area contributed by atoms with Gasteiger partial charge in [0.15, 0.2) is 0 Å². The highest BCUT2D eigenvalue weighted by Gasteiger charge is 2.10. The predicted molar refractivity (Wildman–Crippen MR) is 72.4 cm³/mol. The molecule has 2 aromatic rings. The molecule has 2 aromatic carbocycles. The Morgan fingerprint density at radius 2 is 1.83 bits per heavy atom. The normalized spacial score (nSPS) is 10.0. The van der Waals surface area contributed by atoms with Crippen molar-refractivity contribution >= 4 is 22.8 Å². The highest BCUT2D eigenvalue weighted by atomic mass is 32.2. The van der Waals surface area contributed by atoms with Crippen LogP contribution < -0.4 is 0 Å². The van der Waals surface area contributed by atoms with E-state index in [4.69, 9.17) is 5.26 Å². The molecular formula is C13H16O4S. The minimum atomic E-state index is 0.210. The van der Waals surface area contributed by atoms with Crippen molar-refractivity contribution < 1.29 is 19.7 Å². The lowest BCUT2D eigenvalue weighted by molar-refractivity contribution is -0.432. The van der Waals surface area contributed by atoms with E-state index in [-0.39, 0.29) is 5.75 Å². The van der Waals surface area contributed by atoms with E-state index in [1.54, 1.807) is 6.92 Å². The Labute approximate surface area is 110 Å². The van der Waals surface area contributed by atoms with Crippen LogP contribution in [0.3, 0.4) is 0 Å². The molecule has 98 valence electrons. The zero-order valence-electron chi connectivity index (χ0n) is 10.5. The van der Waals surface area contributed by atoms with Crippen LogP contribution >= 0.6 is 12.0 Å². The molecule has 0 radical (unpaired) electrons. The first-order valence-corrected chi connectivity index (χ1v) is 6.34. The van der Waals surface area contributed by atoms with Gasteiger partial charge in [-0.25, -0.2) is 5.26 Å². The highest BCUT2D eigenvalue weighted by molar-refractivity contribution is 7.94. The number of aromatic hydroxyl groups is 1. The maximum absolute atomic E-state index is 9.97. The molecule has 0 spiro atoms. The molecule has 18 heavy (non-hydrogen) atoms. The van der Waals surface area contributed by atoms with E-state index >= 15 is 0 Å². The van der Waals surface area contributed by atoms with E-state index in [0.29, 0.717) is 10.5 Å². The fourth-order valence-electron chi connectivity index (χ4n) is 1.55. The second-order valence-corrected chi connectivity index (χ2v) is 4.04. The Morgan fingerprint density at radius 3 is 2.50 bits per heavy atom. The van der Waals surface area contributed by atoms with Crippen molar-refractivity contribution in [3.8, 4) is 5.75 Å². The lowest BCUT2D eigenvalue weighted by atomic mass is 10.1. The molecule has 0 bridgehead atoms. The van der Waals surface area contributed by atoms with Gasteiger partial charge in [0.2, 0.25) is 0 Å². The smallest absolute Gasteiger partial charge is 0.127 e. The maximum atomic E-state index is 9.97. The summed E-state index contributed by atoms with van der Waals surface area (Å²) in [6.07, 6.45) is 0. The van der Waals surface area contributed by atoms with Crippen LogP contribution in [-0.2, 0) is 9.37 Å².